The first-order chi connectivity index (χ1) is 7.69. The SMILES string of the molecule is C=CCCNC(CN)c1cc(F)ccc1C. The summed E-state index contributed by atoms with van der Waals surface area (Å²) in [6.07, 6.45) is 2.73. The number of halogens is 1. The lowest BCUT2D eigenvalue weighted by Crippen LogP contribution is -2.29. The van der Waals surface area contributed by atoms with Crippen molar-refractivity contribution in [2.24, 2.45) is 5.73 Å². The molecule has 3 heteroatoms. The molecule has 2 nitrogen and oxygen atoms in total. The van der Waals surface area contributed by atoms with E-state index in [-0.39, 0.29) is 11.9 Å². The zero-order valence-corrected chi connectivity index (χ0v) is 9.67. The maximum atomic E-state index is 13.1. The summed E-state index contributed by atoms with van der Waals surface area (Å²) >= 11 is 0. The number of hydrogen-bond donors (Lipinski definition) is 2. The third-order valence-corrected chi connectivity index (χ3v) is 2.59. The number of nitrogens with one attached hydrogen (secondary N) is 1. The van der Waals surface area contributed by atoms with E-state index in [4.69, 9.17) is 5.73 Å². The largest absolute Gasteiger partial charge is 0.329 e. The molecule has 0 spiro atoms. The first-order valence-electron chi connectivity index (χ1n) is 5.49. The average Bonchev–Trinajstić information content (AvgIpc) is 2.28. The van der Waals surface area contributed by atoms with E-state index in [1.165, 1.54) is 6.07 Å². The standard InChI is InChI=1S/C13H19FN2/c1-3-4-7-16-13(9-15)12-8-11(14)6-5-10(12)2/h3,5-6,8,13,16H,1,4,7,9,15H2,2H3. The Morgan fingerprint density at radius 1 is 1.56 bits per heavy atom. The van der Waals surface area contributed by atoms with Gasteiger partial charge in [-0.05, 0) is 43.1 Å². The molecule has 1 aromatic carbocycles. The predicted octanol–water partition coefficient (Wildman–Crippen LogP) is 2.30. The normalized spacial score (nSPS) is 12.4. The van der Waals surface area contributed by atoms with Gasteiger partial charge in [0.2, 0.25) is 0 Å². The van der Waals surface area contributed by atoms with Gasteiger partial charge in [0.1, 0.15) is 5.82 Å². The van der Waals surface area contributed by atoms with Gasteiger partial charge in [-0.1, -0.05) is 12.1 Å². The average molecular weight is 222 g/mol. The second-order valence-corrected chi connectivity index (χ2v) is 3.82. The van der Waals surface area contributed by atoms with Crippen molar-refractivity contribution < 1.29 is 4.39 Å². The first-order valence-corrected chi connectivity index (χ1v) is 5.49. The summed E-state index contributed by atoms with van der Waals surface area (Å²) in [6.45, 7) is 6.89. The monoisotopic (exact) mass is 222 g/mol. The summed E-state index contributed by atoms with van der Waals surface area (Å²) < 4.78 is 13.1. The van der Waals surface area contributed by atoms with Crippen LogP contribution in [-0.2, 0) is 0 Å². The van der Waals surface area contributed by atoms with Gasteiger partial charge in [0.05, 0.1) is 0 Å². The highest BCUT2D eigenvalue weighted by Gasteiger charge is 2.11. The lowest BCUT2D eigenvalue weighted by atomic mass is 10.0. The molecule has 0 aromatic heterocycles. The zero-order valence-electron chi connectivity index (χ0n) is 9.67. The molecule has 0 aliphatic carbocycles. The molecule has 0 aliphatic rings. The van der Waals surface area contributed by atoms with Gasteiger partial charge >= 0.3 is 0 Å². The van der Waals surface area contributed by atoms with Crippen LogP contribution < -0.4 is 11.1 Å². The summed E-state index contributed by atoms with van der Waals surface area (Å²) in [4.78, 5) is 0. The molecule has 1 rings (SSSR count). The first kappa shape index (κ1) is 12.9. The summed E-state index contributed by atoms with van der Waals surface area (Å²) in [5.74, 6) is -0.218. The molecular weight excluding hydrogens is 203 g/mol. The fraction of sp³-hybridized carbons (Fsp3) is 0.385. The molecule has 0 saturated carbocycles. The van der Waals surface area contributed by atoms with Crippen molar-refractivity contribution >= 4 is 0 Å². The van der Waals surface area contributed by atoms with Gasteiger partial charge in [0.15, 0.2) is 0 Å². The van der Waals surface area contributed by atoms with Crippen LogP contribution in [0.1, 0.15) is 23.6 Å². The van der Waals surface area contributed by atoms with Gasteiger partial charge in [0, 0.05) is 12.6 Å². The van der Waals surface area contributed by atoms with E-state index in [0.29, 0.717) is 6.54 Å². The van der Waals surface area contributed by atoms with Crippen LogP contribution in [0.3, 0.4) is 0 Å². The van der Waals surface area contributed by atoms with E-state index < -0.39 is 0 Å². The second-order valence-electron chi connectivity index (χ2n) is 3.82. The minimum Gasteiger partial charge on any atom is -0.329 e. The molecule has 1 aromatic rings. The highest BCUT2D eigenvalue weighted by Crippen LogP contribution is 2.18. The van der Waals surface area contributed by atoms with Gasteiger partial charge in [-0.3, -0.25) is 0 Å². The Balaban J connectivity index is 2.77. The summed E-state index contributed by atoms with van der Waals surface area (Å²) in [7, 11) is 0. The van der Waals surface area contributed by atoms with Crippen LogP contribution in [0.4, 0.5) is 4.39 Å². The zero-order chi connectivity index (χ0) is 12.0. The molecule has 3 N–H and O–H groups in total. The van der Waals surface area contributed by atoms with Crippen LogP contribution in [0.25, 0.3) is 0 Å². The smallest absolute Gasteiger partial charge is 0.123 e. The fourth-order valence-electron chi connectivity index (χ4n) is 1.67. The summed E-state index contributed by atoms with van der Waals surface area (Å²) in [5.41, 5.74) is 7.69. The Hall–Kier alpha value is -1.19. The highest BCUT2D eigenvalue weighted by atomic mass is 19.1. The van der Waals surface area contributed by atoms with Crippen molar-refractivity contribution in [3.8, 4) is 0 Å². The highest BCUT2D eigenvalue weighted by molar-refractivity contribution is 5.29. The fourth-order valence-corrected chi connectivity index (χ4v) is 1.67. The Labute approximate surface area is 96.4 Å². The molecule has 1 atom stereocenters. The molecule has 0 bridgehead atoms. The summed E-state index contributed by atoms with van der Waals surface area (Å²) in [5, 5.41) is 3.29. The van der Waals surface area contributed by atoms with Gasteiger partial charge < -0.3 is 11.1 Å². The molecule has 0 saturated heterocycles. The van der Waals surface area contributed by atoms with Crippen LogP contribution >= 0.6 is 0 Å². The molecule has 16 heavy (non-hydrogen) atoms. The van der Waals surface area contributed by atoms with Gasteiger partial charge in [-0.15, -0.1) is 6.58 Å². The molecule has 88 valence electrons. The van der Waals surface area contributed by atoms with Crippen molar-refractivity contribution in [3.63, 3.8) is 0 Å². The summed E-state index contributed by atoms with van der Waals surface area (Å²) in [6, 6.07) is 4.81. The number of benzene rings is 1. The molecule has 0 amide bonds. The van der Waals surface area contributed by atoms with Crippen molar-refractivity contribution in [3.05, 3.63) is 47.8 Å². The third kappa shape index (κ3) is 3.43. The molecular formula is C13H19FN2. The lowest BCUT2D eigenvalue weighted by molar-refractivity contribution is 0.539. The quantitative estimate of drug-likeness (QED) is 0.572. The van der Waals surface area contributed by atoms with Crippen molar-refractivity contribution in [1.82, 2.24) is 5.32 Å². The molecule has 0 radical (unpaired) electrons. The van der Waals surface area contributed by atoms with E-state index in [0.717, 1.165) is 24.1 Å². The van der Waals surface area contributed by atoms with Crippen LogP contribution in [0.2, 0.25) is 0 Å². The maximum Gasteiger partial charge on any atom is 0.123 e. The van der Waals surface area contributed by atoms with Crippen LogP contribution in [-0.4, -0.2) is 13.1 Å². The Morgan fingerprint density at radius 3 is 2.94 bits per heavy atom. The maximum absolute atomic E-state index is 13.1. The minimum atomic E-state index is -0.218. The van der Waals surface area contributed by atoms with Crippen LogP contribution in [0.5, 0.6) is 0 Å². The molecule has 0 aliphatic heterocycles. The number of aryl methyl sites for hydroxylation is 1. The van der Waals surface area contributed by atoms with E-state index >= 15 is 0 Å². The van der Waals surface area contributed by atoms with Crippen LogP contribution in [0.15, 0.2) is 30.9 Å². The van der Waals surface area contributed by atoms with E-state index in [1.807, 2.05) is 13.0 Å². The van der Waals surface area contributed by atoms with Gasteiger partial charge in [-0.25, -0.2) is 4.39 Å². The lowest BCUT2D eigenvalue weighted by Gasteiger charge is -2.19. The Kier molecular flexibility index (Phi) is 5.15. The van der Waals surface area contributed by atoms with Crippen molar-refractivity contribution in [2.45, 2.75) is 19.4 Å². The second kappa shape index (κ2) is 6.40. The topological polar surface area (TPSA) is 38.0 Å². The number of rotatable bonds is 6. The van der Waals surface area contributed by atoms with Gasteiger partial charge in [0.25, 0.3) is 0 Å². The minimum absolute atomic E-state index is 0.00986. The Bertz CT molecular complexity index is 350. The number of hydrogen-bond acceptors (Lipinski definition) is 2. The molecule has 0 heterocycles. The van der Waals surface area contributed by atoms with Crippen molar-refractivity contribution in [2.75, 3.05) is 13.1 Å². The molecule has 0 fully saturated rings. The van der Waals surface area contributed by atoms with E-state index in [9.17, 15) is 4.39 Å². The predicted molar refractivity (Wildman–Crippen MR) is 65.7 cm³/mol. The Morgan fingerprint density at radius 2 is 2.31 bits per heavy atom. The number of nitrogens with two attached hydrogens (primary N) is 1. The third-order valence-electron chi connectivity index (χ3n) is 2.59. The van der Waals surface area contributed by atoms with E-state index in [1.54, 1.807) is 12.1 Å². The van der Waals surface area contributed by atoms with E-state index in [2.05, 4.69) is 11.9 Å². The molecule has 1 unspecified atom stereocenters. The van der Waals surface area contributed by atoms with Crippen LogP contribution in [0, 0.1) is 12.7 Å². The van der Waals surface area contributed by atoms with Crippen molar-refractivity contribution in [1.29, 1.82) is 0 Å². The van der Waals surface area contributed by atoms with Gasteiger partial charge in [-0.2, -0.15) is 0 Å².